The lowest BCUT2D eigenvalue weighted by atomic mass is 9.86. The molecule has 4 atom stereocenters. The first-order valence-corrected chi connectivity index (χ1v) is 12.4. The maximum atomic E-state index is 6.36. The number of rotatable bonds is 5. The van der Waals surface area contributed by atoms with Crippen LogP contribution in [0.25, 0.3) is 11.1 Å². The van der Waals surface area contributed by atoms with Gasteiger partial charge in [0.25, 0.3) is 0 Å². The predicted molar refractivity (Wildman–Crippen MR) is 138 cm³/mol. The average molecular weight is 438 g/mol. The minimum atomic E-state index is 0.229. The van der Waals surface area contributed by atoms with Gasteiger partial charge in [0, 0.05) is 17.8 Å². The molecule has 170 valence electrons. The Hall–Kier alpha value is -2.84. The van der Waals surface area contributed by atoms with Crippen LogP contribution in [0.5, 0.6) is 0 Å². The van der Waals surface area contributed by atoms with Gasteiger partial charge in [-0.15, -0.1) is 0 Å². The zero-order valence-corrected chi connectivity index (χ0v) is 20.1. The SMILES string of the molecule is C=C1CC(c2ccc(-c3ccc(C4CC(C)CC(CC)O4)cc3)cc2C)N1c1ccccc1. The summed E-state index contributed by atoms with van der Waals surface area (Å²) < 4.78 is 6.36. The van der Waals surface area contributed by atoms with Crippen LogP contribution in [0.4, 0.5) is 5.69 Å². The van der Waals surface area contributed by atoms with Gasteiger partial charge in [0.15, 0.2) is 0 Å². The molecule has 2 heterocycles. The Labute approximate surface area is 198 Å². The first-order valence-electron chi connectivity index (χ1n) is 12.4. The van der Waals surface area contributed by atoms with Gasteiger partial charge in [-0.25, -0.2) is 0 Å². The number of hydrogen-bond donors (Lipinski definition) is 0. The second-order valence-corrected chi connectivity index (χ2v) is 9.92. The summed E-state index contributed by atoms with van der Waals surface area (Å²) in [5.74, 6) is 0.724. The summed E-state index contributed by atoms with van der Waals surface area (Å²) in [7, 11) is 0. The van der Waals surface area contributed by atoms with E-state index in [1.807, 2.05) is 0 Å². The first kappa shape index (κ1) is 22.0. The van der Waals surface area contributed by atoms with E-state index in [9.17, 15) is 0 Å². The highest BCUT2D eigenvalue weighted by molar-refractivity contribution is 5.67. The second kappa shape index (κ2) is 9.19. The normalized spacial score (nSPS) is 25.1. The Morgan fingerprint density at radius 3 is 2.33 bits per heavy atom. The quantitative estimate of drug-likeness (QED) is 0.397. The maximum absolute atomic E-state index is 6.36. The first-order chi connectivity index (χ1) is 16.0. The van der Waals surface area contributed by atoms with E-state index in [1.54, 1.807) is 0 Å². The molecule has 0 bridgehead atoms. The van der Waals surface area contributed by atoms with E-state index in [4.69, 9.17) is 4.74 Å². The summed E-state index contributed by atoms with van der Waals surface area (Å²) in [6, 6.07) is 26.9. The minimum absolute atomic E-state index is 0.229. The summed E-state index contributed by atoms with van der Waals surface area (Å²) in [5, 5.41) is 0. The highest BCUT2D eigenvalue weighted by Gasteiger charge is 2.34. The van der Waals surface area contributed by atoms with Crippen molar-refractivity contribution in [3.8, 4) is 11.1 Å². The van der Waals surface area contributed by atoms with Gasteiger partial charge in [0.1, 0.15) is 0 Å². The molecular formula is C31H35NO. The Morgan fingerprint density at radius 2 is 1.67 bits per heavy atom. The molecule has 2 aliphatic heterocycles. The van der Waals surface area contributed by atoms with Crippen molar-refractivity contribution < 1.29 is 4.74 Å². The third-order valence-corrected chi connectivity index (χ3v) is 7.45. The fraction of sp³-hybridized carbons (Fsp3) is 0.355. The lowest BCUT2D eigenvalue weighted by Gasteiger charge is -2.45. The molecular weight excluding hydrogens is 402 g/mol. The number of nitrogens with zero attached hydrogens (tertiary/aromatic N) is 1. The summed E-state index contributed by atoms with van der Waals surface area (Å²) in [5.41, 5.74) is 8.99. The van der Waals surface area contributed by atoms with Crippen molar-refractivity contribution in [3.05, 3.63) is 102 Å². The van der Waals surface area contributed by atoms with Crippen LogP contribution >= 0.6 is 0 Å². The molecule has 0 N–H and O–H groups in total. The largest absolute Gasteiger partial charge is 0.370 e. The Kier molecular flexibility index (Phi) is 6.12. The fourth-order valence-corrected chi connectivity index (χ4v) is 5.57. The van der Waals surface area contributed by atoms with Gasteiger partial charge in [-0.05, 0) is 72.1 Å². The van der Waals surface area contributed by atoms with Gasteiger partial charge >= 0.3 is 0 Å². The predicted octanol–water partition coefficient (Wildman–Crippen LogP) is 8.39. The van der Waals surface area contributed by atoms with Crippen LogP contribution in [0.15, 0.2) is 85.1 Å². The van der Waals surface area contributed by atoms with E-state index in [0.717, 1.165) is 25.2 Å². The summed E-state index contributed by atoms with van der Waals surface area (Å²) >= 11 is 0. The van der Waals surface area contributed by atoms with Crippen LogP contribution in [-0.4, -0.2) is 6.10 Å². The molecule has 2 aliphatic rings. The third-order valence-electron chi connectivity index (χ3n) is 7.45. The van der Waals surface area contributed by atoms with Gasteiger partial charge in [-0.2, -0.15) is 0 Å². The lowest BCUT2D eigenvalue weighted by Crippen LogP contribution is -2.38. The molecule has 2 heteroatoms. The molecule has 0 amide bonds. The topological polar surface area (TPSA) is 12.5 Å². The van der Waals surface area contributed by atoms with Crippen LogP contribution in [0.3, 0.4) is 0 Å². The van der Waals surface area contributed by atoms with Gasteiger partial charge < -0.3 is 9.64 Å². The molecule has 3 aromatic rings. The molecule has 2 saturated heterocycles. The molecule has 0 saturated carbocycles. The van der Waals surface area contributed by atoms with Gasteiger partial charge in [-0.3, -0.25) is 0 Å². The molecule has 2 fully saturated rings. The van der Waals surface area contributed by atoms with Crippen molar-refractivity contribution in [1.29, 1.82) is 0 Å². The van der Waals surface area contributed by atoms with E-state index >= 15 is 0 Å². The van der Waals surface area contributed by atoms with Gasteiger partial charge in [0.05, 0.1) is 18.2 Å². The van der Waals surface area contributed by atoms with Crippen molar-refractivity contribution in [3.63, 3.8) is 0 Å². The number of para-hydroxylation sites is 1. The monoisotopic (exact) mass is 437 g/mol. The van der Waals surface area contributed by atoms with Crippen molar-refractivity contribution in [2.45, 2.75) is 64.7 Å². The Balaban J connectivity index is 1.34. The Morgan fingerprint density at radius 1 is 0.939 bits per heavy atom. The molecule has 33 heavy (non-hydrogen) atoms. The lowest BCUT2D eigenvalue weighted by molar-refractivity contribution is -0.0709. The zero-order valence-electron chi connectivity index (χ0n) is 20.1. The highest BCUT2D eigenvalue weighted by Crippen LogP contribution is 2.45. The van der Waals surface area contributed by atoms with Crippen LogP contribution in [0.2, 0.25) is 0 Å². The fourth-order valence-electron chi connectivity index (χ4n) is 5.57. The molecule has 0 spiro atoms. The summed E-state index contributed by atoms with van der Waals surface area (Å²) in [6.45, 7) is 11.1. The van der Waals surface area contributed by atoms with Gasteiger partial charge in [-0.1, -0.05) is 81.1 Å². The van der Waals surface area contributed by atoms with Crippen LogP contribution < -0.4 is 4.90 Å². The smallest absolute Gasteiger partial charge is 0.0831 e. The summed E-state index contributed by atoms with van der Waals surface area (Å²) in [4.78, 5) is 2.37. The third kappa shape index (κ3) is 4.37. The number of ether oxygens (including phenoxy) is 1. The van der Waals surface area contributed by atoms with Crippen molar-refractivity contribution in [2.75, 3.05) is 4.90 Å². The molecule has 0 aromatic heterocycles. The van der Waals surface area contributed by atoms with E-state index < -0.39 is 0 Å². The van der Waals surface area contributed by atoms with Crippen molar-refractivity contribution in [2.24, 2.45) is 5.92 Å². The van der Waals surface area contributed by atoms with E-state index in [0.29, 0.717) is 12.1 Å². The second-order valence-electron chi connectivity index (χ2n) is 9.92. The standard InChI is InChI=1S/C31H35NO/c1-5-28-17-21(2)18-31(33-28)25-13-11-24(12-14-25)26-15-16-29(22(3)19-26)30-20-23(4)32(30)27-9-7-6-8-10-27/h6-16,19,21,28,30-31H,4-5,17-18,20H2,1-3H3. The number of hydrogen-bond acceptors (Lipinski definition) is 2. The van der Waals surface area contributed by atoms with Crippen molar-refractivity contribution in [1.82, 2.24) is 0 Å². The van der Waals surface area contributed by atoms with E-state index in [-0.39, 0.29) is 6.10 Å². The minimum Gasteiger partial charge on any atom is -0.370 e. The summed E-state index contributed by atoms with van der Waals surface area (Å²) in [6.07, 6.45) is 5.04. The van der Waals surface area contributed by atoms with E-state index in [1.165, 1.54) is 45.6 Å². The Bertz CT molecular complexity index is 1120. The van der Waals surface area contributed by atoms with Crippen molar-refractivity contribution >= 4 is 5.69 Å². The molecule has 0 radical (unpaired) electrons. The van der Waals surface area contributed by atoms with Crippen LogP contribution in [0.1, 0.15) is 68.4 Å². The van der Waals surface area contributed by atoms with Crippen LogP contribution in [-0.2, 0) is 4.74 Å². The molecule has 5 rings (SSSR count). The number of anilines is 1. The van der Waals surface area contributed by atoms with Crippen LogP contribution in [0, 0.1) is 12.8 Å². The average Bonchev–Trinajstić information content (AvgIpc) is 2.83. The number of benzene rings is 3. The zero-order chi connectivity index (χ0) is 22.9. The molecule has 3 aromatic carbocycles. The molecule has 4 unspecified atom stereocenters. The molecule has 2 nitrogen and oxygen atoms in total. The highest BCUT2D eigenvalue weighted by atomic mass is 16.5. The van der Waals surface area contributed by atoms with E-state index in [2.05, 4.69) is 105 Å². The molecule has 0 aliphatic carbocycles. The maximum Gasteiger partial charge on any atom is 0.0831 e. The van der Waals surface area contributed by atoms with Gasteiger partial charge in [0.2, 0.25) is 0 Å². The number of aryl methyl sites for hydroxylation is 1.